The summed E-state index contributed by atoms with van der Waals surface area (Å²) < 4.78 is 8.59. The molecule has 13 heteroatoms. The summed E-state index contributed by atoms with van der Waals surface area (Å²) in [4.78, 5) is 46.7. The van der Waals surface area contributed by atoms with Gasteiger partial charge in [0.05, 0.1) is 30.3 Å². The molecule has 8 rings (SSSR count). The van der Waals surface area contributed by atoms with E-state index in [2.05, 4.69) is 32.0 Å². The van der Waals surface area contributed by atoms with Crippen molar-refractivity contribution in [2.45, 2.75) is 43.9 Å². The number of hydrogen-bond donors (Lipinski definition) is 2. The lowest BCUT2D eigenvalue weighted by atomic mass is 9.79. The van der Waals surface area contributed by atoms with Crippen LogP contribution in [0.3, 0.4) is 0 Å². The third-order valence-electron chi connectivity index (χ3n) is 10.7. The fraction of sp³-hybridized carbons (Fsp3) is 0.325. The summed E-state index contributed by atoms with van der Waals surface area (Å²) in [5.41, 5.74) is 8.75. The van der Waals surface area contributed by atoms with E-state index in [9.17, 15) is 14.7 Å². The Balaban J connectivity index is 0.926. The van der Waals surface area contributed by atoms with E-state index in [1.165, 1.54) is 10.9 Å². The number of likely N-dealkylation sites (tertiary alicyclic amines) is 2. The SMILES string of the molecule is COc1ncc(-c2ncc(CN3CC[C@@H](C(=O)N4CCC(O)(Cn5cnc6c(ccn6-c6ccccc6)c5=O)CC4)[C@H](c4ccccc4)C3)s2)cc1N. The molecular formula is C40H42N8O4S. The molecule has 2 saturated heterocycles. The molecule has 272 valence electrons. The van der Waals surface area contributed by atoms with Crippen molar-refractivity contribution in [1.29, 1.82) is 0 Å². The molecular weight excluding hydrogens is 689 g/mol. The highest BCUT2D eigenvalue weighted by Crippen LogP contribution is 2.37. The molecule has 2 aliphatic heterocycles. The molecule has 2 atom stereocenters. The Kier molecular flexibility index (Phi) is 9.54. The highest BCUT2D eigenvalue weighted by atomic mass is 32.1. The van der Waals surface area contributed by atoms with Gasteiger partial charge in [-0.25, -0.2) is 15.0 Å². The number of piperidine rings is 2. The number of carbonyl (C=O) groups is 1. The molecule has 1 amide bonds. The Morgan fingerprint density at radius 1 is 1.00 bits per heavy atom. The summed E-state index contributed by atoms with van der Waals surface area (Å²) in [5, 5.41) is 13.0. The number of fused-ring (bicyclic) bond motifs is 1. The molecule has 0 radical (unpaired) electrons. The van der Waals surface area contributed by atoms with Crippen LogP contribution in [-0.4, -0.2) is 83.8 Å². The number of aliphatic hydroxyl groups is 1. The fourth-order valence-electron chi connectivity index (χ4n) is 7.80. The van der Waals surface area contributed by atoms with E-state index >= 15 is 0 Å². The molecule has 6 aromatic rings. The van der Waals surface area contributed by atoms with Gasteiger partial charge >= 0.3 is 0 Å². The fourth-order valence-corrected chi connectivity index (χ4v) is 8.74. The largest absolute Gasteiger partial charge is 0.480 e. The zero-order chi connectivity index (χ0) is 36.5. The van der Waals surface area contributed by atoms with Crippen molar-refractivity contribution >= 4 is 34.0 Å². The minimum Gasteiger partial charge on any atom is -0.480 e. The number of rotatable bonds is 9. The topological polar surface area (TPSA) is 145 Å². The van der Waals surface area contributed by atoms with Crippen LogP contribution in [0.1, 0.15) is 35.6 Å². The molecule has 4 aromatic heterocycles. The number of carbonyl (C=O) groups excluding carboxylic acids is 1. The first-order valence-electron chi connectivity index (χ1n) is 17.9. The van der Waals surface area contributed by atoms with E-state index < -0.39 is 5.60 Å². The van der Waals surface area contributed by atoms with Gasteiger partial charge in [-0.3, -0.25) is 19.1 Å². The van der Waals surface area contributed by atoms with E-state index in [0.29, 0.717) is 48.5 Å². The van der Waals surface area contributed by atoms with Gasteiger partial charge in [-0.2, -0.15) is 0 Å². The molecule has 0 bridgehead atoms. The third-order valence-corrected chi connectivity index (χ3v) is 11.7. The predicted octanol–water partition coefficient (Wildman–Crippen LogP) is 4.96. The van der Waals surface area contributed by atoms with Gasteiger partial charge in [0, 0.05) is 72.7 Å². The second-order valence-electron chi connectivity index (χ2n) is 14.1. The van der Waals surface area contributed by atoms with Crippen molar-refractivity contribution in [3.63, 3.8) is 0 Å². The molecule has 2 aliphatic rings. The minimum absolute atomic E-state index is 0.0239. The van der Waals surface area contributed by atoms with Crippen LogP contribution in [0.2, 0.25) is 0 Å². The van der Waals surface area contributed by atoms with E-state index in [1.54, 1.807) is 30.7 Å². The summed E-state index contributed by atoms with van der Waals surface area (Å²) in [6, 6.07) is 23.7. The van der Waals surface area contributed by atoms with Crippen molar-refractivity contribution in [3.8, 4) is 22.1 Å². The number of anilines is 1. The number of para-hydroxylation sites is 1. The summed E-state index contributed by atoms with van der Waals surface area (Å²) in [6.45, 7) is 3.24. The molecule has 2 fully saturated rings. The van der Waals surface area contributed by atoms with Gasteiger partial charge in [-0.1, -0.05) is 48.5 Å². The number of benzene rings is 2. The molecule has 53 heavy (non-hydrogen) atoms. The van der Waals surface area contributed by atoms with Crippen LogP contribution < -0.4 is 16.0 Å². The number of aromatic nitrogens is 5. The number of nitrogens with two attached hydrogens (primary N) is 1. The average molecular weight is 731 g/mol. The van der Waals surface area contributed by atoms with Crippen molar-refractivity contribution in [2.75, 3.05) is 39.0 Å². The van der Waals surface area contributed by atoms with Gasteiger partial charge in [0.15, 0.2) is 5.65 Å². The number of pyridine rings is 1. The Hall–Kier alpha value is -5.37. The average Bonchev–Trinajstić information content (AvgIpc) is 3.85. The number of methoxy groups -OCH3 is 1. The van der Waals surface area contributed by atoms with E-state index in [4.69, 9.17) is 10.5 Å². The third kappa shape index (κ3) is 7.07. The standard InChI is InChI=1S/C40H42N8O4S/c1-52-36-34(41)20-28(21-42-36)37-43-22-30(53-37)23-45-16-12-31(33(24-45)27-8-4-2-5-9-27)38(49)46-18-14-40(51,15-19-46)25-47-26-44-35-32(39(47)50)13-17-48(35)29-10-6-3-7-11-29/h2-11,13,17,20-22,26,31,33,51H,12,14-16,18-19,23-25,41H2,1H3/t31-,33+/m1/s1. The normalized spacial score (nSPS) is 19.0. The molecule has 0 unspecified atom stereocenters. The lowest BCUT2D eigenvalue weighted by Gasteiger charge is -2.43. The van der Waals surface area contributed by atoms with E-state index in [0.717, 1.165) is 52.8 Å². The van der Waals surface area contributed by atoms with Gasteiger partial charge in [-0.05, 0) is 55.6 Å². The van der Waals surface area contributed by atoms with Crippen molar-refractivity contribution in [1.82, 2.24) is 33.9 Å². The Bertz CT molecular complexity index is 2280. The number of hydrogen-bond acceptors (Lipinski definition) is 10. The maximum absolute atomic E-state index is 14.2. The number of ether oxygens (including phenoxy) is 1. The zero-order valence-corrected chi connectivity index (χ0v) is 30.4. The second-order valence-corrected chi connectivity index (χ2v) is 15.2. The molecule has 0 aliphatic carbocycles. The number of nitrogen functional groups attached to an aromatic ring is 1. The van der Waals surface area contributed by atoms with Crippen LogP contribution >= 0.6 is 11.3 Å². The molecule has 3 N–H and O–H groups in total. The van der Waals surface area contributed by atoms with E-state index in [-0.39, 0.29) is 29.8 Å². The van der Waals surface area contributed by atoms with Gasteiger partial charge in [-0.15, -0.1) is 11.3 Å². The molecule has 2 aromatic carbocycles. The summed E-state index contributed by atoms with van der Waals surface area (Å²) in [6.07, 6.45) is 8.50. The van der Waals surface area contributed by atoms with Crippen LogP contribution in [0.25, 0.3) is 27.3 Å². The molecule has 6 heterocycles. The van der Waals surface area contributed by atoms with Crippen LogP contribution in [0, 0.1) is 5.92 Å². The molecule has 0 spiro atoms. The maximum Gasteiger partial charge on any atom is 0.262 e. The Morgan fingerprint density at radius 3 is 2.49 bits per heavy atom. The zero-order valence-electron chi connectivity index (χ0n) is 29.5. The first-order valence-corrected chi connectivity index (χ1v) is 18.8. The Morgan fingerprint density at radius 2 is 1.75 bits per heavy atom. The monoisotopic (exact) mass is 730 g/mol. The number of nitrogens with zero attached hydrogens (tertiary/aromatic N) is 7. The minimum atomic E-state index is -1.12. The van der Waals surface area contributed by atoms with Crippen LogP contribution in [0.15, 0.2) is 103 Å². The lowest BCUT2D eigenvalue weighted by molar-refractivity contribution is -0.142. The first kappa shape index (κ1) is 34.7. The lowest BCUT2D eigenvalue weighted by Crippen LogP contribution is -2.53. The molecule has 12 nitrogen and oxygen atoms in total. The molecule has 0 saturated carbocycles. The summed E-state index contributed by atoms with van der Waals surface area (Å²) >= 11 is 1.62. The summed E-state index contributed by atoms with van der Waals surface area (Å²) in [5.74, 6) is 0.380. The van der Waals surface area contributed by atoms with Gasteiger partial charge < -0.3 is 25.0 Å². The predicted molar refractivity (Wildman–Crippen MR) is 205 cm³/mol. The maximum atomic E-state index is 14.2. The smallest absolute Gasteiger partial charge is 0.262 e. The van der Waals surface area contributed by atoms with Crippen molar-refractivity contribution in [3.05, 3.63) is 119 Å². The van der Waals surface area contributed by atoms with E-state index in [1.807, 2.05) is 76.5 Å². The van der Waals surface area contributed by atoms with Gasteiger partial charge in [0.25, 0.3) is 5.56 Å². The van der Waals surface area contributed by atoms with Crippen molar-refractivity contribution < 1.29 is 14.6 Å². The quantitative estimate of drug-likeness (QED) is 0.211. The number of amides is 1. The van der Waals surface area contributed by atoms with Crippen LogP contribution in [-0.2, 0) is 17.9 Å². The van der Waals surface area contributed by atoms with Crippen LogP contribution in [0.5, 0.6) is 5.88 Å². The van der Waals surface area contributed by atoms with Gasteiger partial charge in [0.1, 0.15) is 11.3 Å². The first-order chi connectivity index (χ1) is 25.8. The Labute approximate surface area is 311 Å². The summed E-state index contributed by atoms with van der Waals surface area (Å²) in [7, 11) is 1.54. The van der Waals surface area contributed by atoms with Gasteiger partial charge in [0.2, 0.25) is 11.8 Å². The highest BCUT2D eigenvalue weighted by molar-refractivity contribution is 7.15. The highest BCUT2D eigenvalue weighted by Gasteiger charge is 2.41. The number of thiazole rings is 1. The second kappa shape index (κ2) is 14.6. The van der Waals surface area contributed by atoms with Crippen LogP contribution in [0.4, 0.5) is 5.69 Å². The van der Waals surface area contributed by atoms with Crippen molar-refractivity contribution in [2.24, 2.45) is 5.92 Å².